The number of rotatable bonds is 3. The van der Waals surface area contributed by atoms with Crippen LogP contribution in [0.25, 0.3) is 0 Å². The molecule has 0 unspecified atom stereocenters. The maximum absolute atomic E-state index is 5.63. The van der Waals surface area contributed by atoms with E-state index in [0.717, 1.165) is 37.7 Å². The van der Waals surface area contributed by atoms with Crippen molar-refractivity contribution in [2.75, 3.05) is 31.2 Å². The van der Waals surface area contributed by atoms with Gasteiger partial charge in [0.15, 0.2) is 0 Å². The number of nitrogens with zero attached hydrogens (tertiary/aromatic N) is 2. The first-order valence-electron chi connectivity index (χ1n) is 6.44. The molecular weight excluding hydrogens is 242 g/mol. The van der Waals surface area contributed by atoms with Crippen LogP contribution in [0.15, 0.2) is 30.5 Å². The summed E-state index contributed by atoms with van der Waals surface area (Å²) < 4.78 is 11.0. The van der Waals surface area contributed by atoms with Crippen molar-refractivity contribution in [3.05, 3.63) is 36.2 Å². The van der Waals surface area contributed by atoms with Gasteiger partial charge in [-0.2, -0.15) is 0 Å². The fraction of sp³-hybridized carbons (Fsp3) is 0.357. The van der Waals surface area contributed by atoms with Gasteiger partial charge in [-0.3, -0.25) is 0 Å². The molecule has 1 saturated heterocycles. The maximum Gasteiger partial charge on any atom is 0.299 e. The zero-order valence-corrected chi connectivity index (χ0v) is 10.9. The highest BCUT2D eigenvalue weighted by Gasteiger charge is 2.11. The molecule has 5 nitrogen and oxygen atoms in total. The molecule has 0 amide bonds. The van der Waals surface area contributed by atoms with Crippen molar-refractivity contribution in [2.24, 2.45) is 0 Å². The topological polar surface area (TPSA) is 50.4 Å². The molecule has 0 bridgehead atoms. The molecule has 0 spiro atoms. The number of morpholine rings is 1. The van der Waals surface area contributed by atoms with Gasteiger partial charge in [0.05, 0.1) is 18.9 Å². The Kier molecular flexibility index (Phi) is 3.37. The number of hydrogen-bond acceptors (Lipinski definition) is 4. The lowest BCUT2D eigenvalue weighted by Crippen LogP contribution is -2.36. The second-order valence-electron chi connectivity index (χ2n) is 4.54. The number of imidazole rings is 1. The largest absolute Gasteiger partial charge is 0.426 e. The maximum atomic E-state index is 5.63. The number of nitrogens with one attached hydrogen (secondary N) is 1. The third-order valence-corrected chi connectivity index (χ3v) is 3.11. The third-order valence-electron chi connectivity index (χ3n) is 3.11. The van der Waals surface area contributed by atoms with Crippen molar-refractivity contribution in [3.8, 4) is 11.8 Å². The number of ether oxygens (including phenoxy) is 2. The smallest absolute Gasteiger partial charge is 0.299 e. The molecule has 0 atom stereocenters. The quantitative estimate of drug-likeness (QED) is 0.919. The molecule has 2 aromatic rings. The lowest BCUT2D eigenvalue weighted by Gasteiger charge is -2.28. The Morgan fingerprint density at radius 2 is 1.95 bits per heavy atom. The molecule has 1 fully saturated rings. The van der Waals surface area contributed by atoms with Gasteiger partial charge < -0.3 is 19.4 Å². The summed E-state index contributed by atoms with van der Waals surface area (Å²) in [4.78, 5) is 9.49. The average Bonchev–Trinajstić information content (AvgIpc) is 2.86. The SMILES string of the molecule is Cc1c[nH]c(Oc2ccc(N3CCOCC3)cc2)n1. The highest BCUT2D eigenvalue weighted by molar-refractivity contribution is 5.49. The lowest BCUT2D eigenvalue weighted by molar-refractivity contribution is 0.122. The van der Waals surface area contributed by atoms with Crippen LogP contribution in [0.1, 0.15) is 5.69 Å². The zero-order chi connectivity index (χ0) is 13.1. The van der Waals surface area contributed by atoms with Gasteiger partial charge in [-0.05, 0) is 31.2 Å². The Morgan fingerprint density at radius 3 is 2.58 bits per heavy atom. The fourth-order valence-corrected chi connectivity index (χ4v) is 2.10. The van der Waals surface area contributed by atoms with Crippen molar-refractivity contribution < 1.29 is 9.47 Å². The summed E-state index contributed by atoms with van der Waals surface area (Å²) in [7, 11) is 0. The van der Waals surface area contributed by atoms with Crippen LogP contribution in [0.2, 0.25) is 0 Å². The van der Waals surface area contributed by atoms with E-state index in [1.54, 1.807) is 0 Å². The molecule has 0 aliphatic carbocycles. The molecule has 1 aromatic carbocycles. The second-order valence-corrected chi connectivity index (χ2v) is 4.54. The van der Waals surface area contributed by atoms with E-state index in [2.05, 4.69) is 27.0 Å². The molecule has 100 valence electrons. The molecule has 2 heterocycles. The van der Waals surface area contributed by atoms with E-state index in [0.29, 0.717) is 6.01 Å². The summed E-state index contributed by atoms with van der Waals surface area (Å²) in [6, 6.07) is 8.58. The molecule has 1 aromatic heterocycles. The van der Waals surface area contributed by atoms with E-state index in [1.165, 1.54) is 5.69 Å². The van der Waals surface area contributed by atoms with Crippen molar-refractivity contribution in [1.82, 2.24) is 9.97 Å². The van der Waals surface area contributed by atoms with E-state index in [-0.39, 0.29) is 0 Å². The molecule has 3 rings (SSSR count). The Labute approximate surface area is 112 Å². The molecule has 5 heteroatoms. The van der Waals surface area contributed by atoms with Crippen molar-refractivity contribution in [2.45, 2.75) is 6.92 Å². The van der Waals surface area contributed by atoms with Crippen LogP contribution in [-0.4, -0.2) is 36.3 Å². The molecule has 19 heavy (non-hydrogen) atoms. The predicted molar refractivity (Wildman–Crippen MR) is 72.9 cm³/mol. The van der Waals surface area contributed by atoms with E-state index in [1.807, 2.05) is 25.3 Å². The Balaban J connectivity index is 1.68. The summed E-state index contributed by atoms with van der Waals surface area (Å²) in [6.45, 7) is 5.40. The summed E-state index contributed by atoms with van der Waals surface area (Å²) in [6.07, 6.45) is 1.82. The predicted octanol–water partition coefficient (Wildman–Crippen LogP) is 2.35. The van der Waals surface area contributed by atoms with Crippen LogP contribution < -0.4 is 9.64 Å². The number of benzene rings is 1. The zero-order valence-electron chi connectivity index (χ0n) is 10.9. The van der Waals surface area contributed by atoms with Gasteiger partial charge in [-0.25, -0.2) is 4.98 Å². The number of hydrogen-bond donors (Lipinski definition) is 1. The Bertz CT molecular complexity index is 530. The van der Waals surface area contributed by atoms with Crippen LogP contribution in [0, 0.1) is 6.92 Å². The van der Waals surface area contributed by atoms with Gasteiger partial charge in [0.25, 0.3) is 6.01 Å². The molecule has 1 N–H and O–H groups in total. The highest BCUT2D eigenvalue weighted by atomic mass is 16.5. The van der Waals surface area contributed by atoms with Crippen molar-refractivity contribution in [3.63, 3.8) is 0 Å². The standard InChI is InChI=1S/C14H17N3O2/c1-11-10-15-14(16-11)19-13-4-2-12(3-5-13)17-6-8-18-9-7-17/h2-5,10H,6-9H2,1H3,(H,15,16). The third kappa shape index (κ3) is 2.88. The molecule has 0 saturated carbocycles. The lowest BCUT2D eigenvalue weighted by atomic mass is 10.2. The molecule has 1 aliphatic heterocycles. The van der Waals surface area contributed by atoms with Crippen molar-refractivity contribution >= 4 is 5.69 Å². The van der Waals surface area contributed by atoms with Crippen LogP contribution in [-0.2, 0) is 4.74 Å². The van der Waals surface area contributed by atoms with Crippen molar-refractivity contribution in [1.29, 1.82) is 0 Å². The normalized spacial score (nSPS) is 15.5. The Morgan fingerprint density at radius 1 is 1.21 bits per heavy atom. The van der Waals surface area contributed by atoms with Gasteiger partial charge in [0.1, 0.15) is 5.75 Å². The fourth-order valence-electron chi connectivity index (χ4n) is 2.10. The molecular formula is C14H17N3O2. The van der Waals surface area contributed by atoms with E-state index in [9.17, 15) is 0 Å². The molecule has 0 radical (unpaired) electrons. The average molecular weight is 259 g/mol. The summed E-state index contributed by atoms with van der Waals surface area (Å²) >= 11 is 0. The minimum Gasteiger partial charge on any atom is -0.426 e. The van der Waals surface area contributed by atoms with Gasteiger partial charge in [-0.15, -0.1) is 0 Å². The van der Waals surface area contributed by atoms with E-state index in [4.69, 9.17) is 9.47 Å². The summed E-state index contributed by atoms with van der Waals surface area (Å²) in [5.74, 6) is 0.784. The first-order valence-corrected chi connectivity index (χ1v) is 6.44. The number of H-pyrrole nitrogens is 1. The highest BCUT2D eigenvalue weighted by Crippen LogP contribution is 2.23. The van der Waals surface area contributed by atoms with Crippen LogP contribution >= 0.6 is 0 Å². The number of aromatic nitrogens is 2. The first-order chi connectivity index (χ1) is 9.31. The summed E-state index contributed by atoms with van der Waals surface area (Å²) in [5, 5.41) is 0. The molecule has 1 aliphatic rings. The first kappa shape index (κ1) is 12.0. The van der Waals surface area contributed by atoms with Crippen LogP contribution in [0.5, 0.6) is 11.8 Å². The van der Waals surface area contributed by atoms with E-state index >= 15 is 0 Å². The van der Waals surface area contributed by atoms with Gasteiger partial charge in [0.2, 0.25) is 0 Å². The van der Waals surface area contributed by atoms with Gasteiger partial charge in [0, 0.05) is 25.0 Å². The van der Waals surface area contributed by atoms with E-state index < -0.39 is 0 Å². The minimum absolute atomic E-state index is 0.525. The van der Waals surface area contributed by atoms with Crippen LogP contribution in [0.4, 0.5) is 5.69 Å². The monoisotopic (exact) mass is 259 g/mol. The summed E-state index contributed by atoms with van der Waals surface area (Å²) in [5.41, 5.74) is 2.12. The van der Waals surface area contributed by atoms with Gasteiger partial charge in [-0.1, -0.05) is 0 Å². The second kappa shape index (κ2) is 5.32. The number of aromatic amines is 1. The number of anilines is 1. The van der Waals surface area contributed by atoms with Gasteiger partial charge >= 0.3 is 0 Å². The minimum atomic E-state index is 0.525. The Hall–Kier alpha value is -2.01. The van der Waals surface area contributed by atoms with Crippen LogP contribution in [0.3, 0.4) is 0 Å². The number of aryl methyl sites for hydroxylation is 1.